The number of nitrogens with one attached hydrogen (secondary N) is 2. The normalized spacial score (nSPS) is 16.1. The van der Waals surface area contributed by atoms with Crippen LogP contribution in [0.1, 0.15) is 39.9 Å². The van der Waals surface area contributed by atoms with E-state index in [1.807, 2.05) is 35.1 Å². The second-order valence-electron chi connectivity index (χ2n) is 6.66. The number of carbonyl (C=O) groups excluding carboxylic acids is 1. The number of amides is 1. The first-order valence-electron chi connectivity index (χ1n) is 9.24. The lowest BCUT2D eigenvalue weighted by Gasteiger charge is -2.22. The van der Waals surface area contributed by atoms with Crippen molar-refractivity contribution in [3.8, 4) is 5.75 Å². The number of ether oxygens (including phenoxy) is 1. The van der Waals surface area contributed by atoms with Crippen LogP contribution >= 0.6 is 23.7 Å². The number of anilines is 1. The Kier molecular flexibility index (Phi) is 7.18. The summed E-state index contributed by atoms with van der Waals surface area (Å²) in [6.07, 6.45) is 4.68. The molecule has 4 rings (SSSR count). The molecule has 0 spiro atoms. The molecule has 10 heteroatoms. The maximum absolute atomic E-state index is 12.5. The number of hydrogen-bond donors (Lipinski definition) is 2. The minimum absolute atomic E-state index is 0. The topological polar surface area (TPSA) is 94.0 Å². The Balaban J connectivity index is 0.00000240. The number of nitrogens with zero attached hydrogens (tertiary/aromatic N) is 4. The molecule has 3 heterocycles. The number of carbonyl (C=O) groups is 1. The first-order chi connectivity index (χ1) is 13.7. The van der Waals surface area contributed by atoms with Crippen LogP contribution in [-0.4, -0.2) is 46.1 Å². The predicted octanol–water partition coefficient (Wildman–Crippen LogP) is 2.93. The van der Waals surface area contributed by atoms with Gasteiger partial charge in [-0.15, -0.1) is 22.6 Å². The number of benzene rings is 1. The molecule has 1 fully saturated rings. The minimum atomic E-state index is -0.272. The van der Waals surface area contributed by atoms with Crippen molar-refractivity contribution >= 4 is 34.8 Å². The van der Waals surface area contributed by atoms with Gasteiger partial charge in [-0.2, -0.15) is 5.10 Å². The third-order valence-electron chi connectivity index (χ3n) is 4.66. The highest BCUT2D eigenvalue weighted by Crippen LogP contribution is 2.21. The average Bonchev–Trinajstić information content (AvgIpc) is 3.39. The van der Waals surface area contributed by atoms with Gasteiger partial charge in [0.15, 0.2) is 5.69 Å². The van der Waals surface area contributed by atoms with E-state index in [0.717, 1.165) is 42.3 Å². The maximum Gasteiger partial charge on any atom is 0.277 e. The Hall–Kier alpha value is -2.49. The van der Waals surface area contributed by atoms with Gasteiger partial charge in [0.2, 0.25) is 5.13 Å². The molecule has 0 saturated carbocycles. The summed E-state index contributed by atoms with van der Waals surface area (Å²) >= 11 is 1.36. The molecule has 0 aliphatic carbocycles. The SMILES string of the molecule is COc1cccc(Cc2nnc(NC(=O)c3ccn(C4CCCNC4)n3)s2)c1.Cl. The fourth-order valence-corrected chi connectivity index (χ4v) is 3.98. The lowest BCUT2D eigenvalue weighted by molar-refractivity contribution is 0.102. The van der Waals surface area contributed by atoms with E-state index in [2.05, 4.69) is 25.9 Å². The summed E-state index contributed by atoms with van der Waals surface area (Å²) in [5.41, 5.74) is 1.46. The minimum Gasteiger partial charge on any atom is -0.497 e. The van der Waals surface area contributed by atoms with E-state index in [1.54, 1.807) is 13.2 Å². The van der Waals surface area contributed by atoms with Crippen LogP contribution in [0, 0.1) is 0 Å². The molecular weight excluding hydrogens is 412 g/mol. The van der Waals surface area contributed by atoms with Crippen molar-refractivity contribution in [2.24, 2.45) is 0 Å². The fraction of sp³-hybridized carbons (Fsp3) is 0.368. The van der Waals surface area contributed by atoms with Gasteiger partial charge in [0, 0.05) is 19.2 Å². The molecule has 2 aromatic heterocycles. The van der Waals surface area contributed by atoms with Crippen molar-refractivity contribution in [2.45, 2.75) is 25.3 Å². The van der Waals surface area contributed by atoms with Gasteiger partial charge in [0.05, 0.1) is 13.2 Å². The lowest BCUT2D eigenvalue weighted by Crippen LogP contribution is -2.32. The molecule has 1 unspecified atom stereocenters. The molecule has 0 bridgehead atoms. The molecule has 1 aromatic carbocycles. The zero-order chi connectivity index (χ0) is 19.3. The molecular formula is C19H23ClN6O2S. The third kappa shape index (κ3) is 5.31. The summed E-state index contributed by atoms with van der Waals surface area (Å²) in [5.74, 6) is 0.533. The molecule has 1 aliphatic heterocycles. The second-order valence-corrected chi connectivity index (χ2v) is 7.73. The molecule has 154 valence electrons. The first kappa shape index (κ1) is 21.2. The van der Waals surface area contributed by atoms with Crippen LogP contribution in [0.5, 0.6) is 5.75 Å². The van der Waals surface area contributed by atoms with E-state index in [1.165, 1.54) is 11.3 Å². The van der Waals surface area contributed by atoms with Gasteiger partial charge in [0.1, 0.15) is 10.8 Å². The molecule has 1 atom stereocenters. The number of aromatic nitrogens is 4. The molecule has 2 N–H and O–H groups in total. The maximum atomic E-state index is 12.5. The zero-order valence-corrected chi connectivity index (χ0v) is 17.6. The van der Waals surface area contributed by atoms with Crippen LogP contribution < -0.4 is 15.4 Å². The highest BCUT2D eigenvalue weighted by Gasteiger charge is 2.18. The van der Waals surface area contributed by atoms with Crippen LogP contribution in [0.4, 0.5) is 5.13 Å². The van der Waals surface area contributed by atoms with E-state index in [9.17, 15) is 4.79 Å². The van der Waals surface area contributed by atoms with Crippen molar-refractivity contribution in [2.75, 3.05) is 25.5 Å². The van der Waals surface area contributed by atoms with Crippen molar-refractivity contribution in [3.63, 3.8) is 0 Å². The molecule has 8 nitrogen and oxygen atoms in total. The van der Waals surface area contributed by atoms with Gasteiger partial charge in [0.25, 0.3) is 5.91 Å². The van der Waals surface area contributed by atoms with Gasteiger partial charge in [-0.25, -0.2) is 0 Å². The smallest absolute Gasteiger partial charge is 0.277 e. The number of methoxy groups -OCH3 is 1. The summed E-state index contributed by atoms with van der Waals surface area (Å²) in [4.78, 5) is 12.5. The number of rotatable bonds is 6. The third-order valence-corrected chi connectivity index (χ3v) is 5.50. The Morgan fingerprint density at radius 1 is 1.38 bits per heavy atom. The predicted molar refractivity (Wildman–Crippen MR) is 114 cm³/mol. The molecule has 0 radical (unpaired) electrons. The van der Waals surface area contributed by atoms with Gasteiger partial charge in [-0.3, -0.25) is 14.8 Å². The highest BCUT2D eigenvalue weighted by molar-refractivity contribution is 7.15. The number of piperidine rings is 1. The van der Waals surface area contributed by atoms with Crippen molar-refractivity contribution in [1.29, 1.82) is 0 Å². The second kappa shape index (κ2) is 9.82. The fourth-order valence-electron chi connectivity index (χ4n) is 3.22. The number of halogens is 1. The van der Waals surface area contributed by atoms with Gasteiger partial charge in [-0.1, -0.05) is 23.5 Å². The van der Waals surface area contributed by atoms with Crippen molar-refractivity contribution in [3.05, 3.63) is 52.8 Å². The largest absolute Gasteiger partial charge is 0.497 e. The lowest BCUT2D eigenvalue weighted by atomic mass is 10.1. The molecule has 1 aliphatic rings. The van der Waals surface area contributed by atoms with Gasteiger partial charge < -0.3 is 10.1 Å². The molecule has 1 amide bonds. The van der Waals surface area contributed by atoms with E-state index in [0.29, 0.717) is 23.3 Å². The Morgan fingerprint density at radius 2 is 2.28 bits per heavy atom. The number of hydrogen-bond acceptors (Lipinski definition) is 7. The van der Waals surface area contributed by atoms with E-state index < -0.39 is 0 Å². The van der Waals surface area contributed by atoms with E-state index in [4.69, 9.17) is 4.74 Å². The van der Waals surface area contributed by atoms with Crippen molar-refractivity contribution < 1.29 is 9.53 Å². The summed E-state index contributed by atoms with van der Waals surface area (Å²) in [6, 6.07) is 9.85. The Morgan fingerprint density at radius 3 is 3.07 bits per heavy atom. The molecule has 29 heavy (non-hydrogen) atoms. The van der Waals surface area contributed by atoms with Crippen LogP contribution in [0.15, 0.2) is 36.5 Å². The summed E-state index contributed by atoms with van der Waals surface area (Å²) in [6.45, 7) is 1.92. The Labute approximate surface area is 179 Å². The molecule has 3 aromatic rings. The summed E-state index contributed by atoms with van der Waals surface area (Å²) in [7, 11) is 1.64. The summed E-state index contributed by atoms with van der Waals surface area (Å²) < 4.78 is 7.11. The standard InChI is InChI=1S/C19H22N6O2S.ClH/c1-27-15-6-2-4-13(10-15)11-17-22-23-19(28-17)21-18(26)16-7-9-25(24-16)14-5-3-8-20-12-14;/h2,4,6-7,9-10,14,20H,3,5,8,11-12H2,1H3,(H,21,23,26);1H. The monoisotopic (exact) mass is 434 g/mol. The van der Waals surface area contributed by atoms with Crippen LogP contribution in [-0.2, 0) is 6.42 Å². The summed E-state index contributed by atoms with van der Waals surface area (Å²) in [5, 5.41) is 20.1. The zero-order valence-electron chi connectivity index (χ0n) is 16.0. The quantitative estimate of drug-likeness (QED) is 0.619. The van der Waals surface area contributed by atoms with Crippen molar-refractivity contribution in [1.82, 2.24) is 25.3 Å². The average molecular weight is 435 g/mol. The molecule has 1 saturated heterocycles. The van der Waals surface area contributed by atoms with Gasteiger partial charge in [-0.05, 0) is 43.1 Å². The van der Waals surface area contributed by atoms with E-state index >= 15 is 0 Å². The first-order valence-corrected chi connectivity index (χ1v) is 10.1. The Bertz CT molecular complexity index is 954. The highest BCUT2D eigenvalue weighted by atomic mass is 35.5. The van der Waals surface area contributed by atoms with Crippen LogP contribution in [0.3, 0.4) is 0 Å². The van der Waals surface area contributed by atoms with E-state index in [-0.39, 0.29) is 18.3 Å². The van der Waals surface area contributed by atoms with Gasteiger partial charge >= 0.3 is 0 Å². The van der Waals surface area contributed by atoms with Crippen LogP contribution in [0.2, 0.25) is 0 Å². The van der Waals surface area contributed by atoms with Crippen LogP contribution in [0.25, 0.3) is 0 Å².